The van der Waals surface area contributed by atoms with Crippen molar-refractivity contribution in [1.82, 2.24) is 5.32 Å². The third-order valence-corrected chi connectivity index (χ3v) is 9.66. The number of aliphatic hydroxyl groups is 2. The lowest BCUT2D eigenvalue weighted by atomic mass is 9.83. The van der Waals surface area contributed by atoms with Crippen molar-refractivity contribution in [3.8, 4) is 0 Å². The van der Waals surface area contributed by atoms with Gasteiger partial charge >= 0.3 is 11.9 Å². The predicted octanol–water partition coefficient (Wildman–Crippen LogP) is 5.22. The number of carboxylic acids is 1. The van der Waals surface area contributed by atoms with Crippen LogP contribution >= 0.6 is 0 Å². The van der Waals surface area contributed by atoms with Crippen LogP contribution in [-0.2, 0) is 14.3 Å². The number of aliphatic imine (C=N–C) groups is 3. The molecule has 4 N–H and O–H groups in total. The van der Waals surface area contributed by atoms with Crippen LogP contribution in [-0.4, -0.2) is 57.1 Å². The highest BCUT2D eigenvalue weighted by molar-refractivity contribution is 6.26. The Morgan fingerprint density at radius 3 is 2.40 bits per heavy atom. The Balaban J connectivity index is 1.70. The normalized spacial score (nSPS) is 27.0. The minimum atomic E-state index is -2.55. The second-order valence-corrected chi connectivity index (χ2v) is 12.0. The fourth-order valence-electron chi connectivity index (χ4n) is 7.09. The molecule has 8 bridgehead atoms. The molecule has 5 aliphatic heterocycles. The van der Waals surface area contributed by atoms with Gasteiger partial charge in [-0.05, 0) is 74.1 Å². The first-order chi connectivity index (χ1) is 21.4. The number of methoxy groups -OCH3 is 1. The molecule has 6 rings (SSSR count). The zero-order valence-electron chi connectivity index (χ0n) is 26.2. The number of esters is 1. The molecule has 10 heteroatoms. The van der Waals surface area contributed by atoms with Gasteiger partial charge in [0.2, 0.25) is 5.60 Å². The topological polar surface area (TPSA) is 153 Å². The minimum absolute atomic E-state index is 0.0540. The summed E-state index contributed by atoms with van der Waals surface area (Å²) in [5.41, 5.74) is 6.98. The number of nitrogens with one attached hydrogen (secondary N) is 1. The number of nitrogens with zero attached hydrogens (tertiary/aromatic N) is 3. The Morgan fingerprint density at radius 1 is 1.07 bits per heavy atom. The number of carbonyl (C=O) groups is 2. The molecule has 0 amide bonds. The molecule has 10 nitrogen and oxygen atoms in total. The van der Waals surface area contributed by atoms with Gasteiger partial charge in [-0.1, -0.05) is 26.5 Å². The SMILES string of the molecule is C=CC1=C(C)C2=NC1=CC1=NC(=CC3=C(C)C4=C(O)C(O)(C(=O)OC)C(=C5NC(=C2)C(C)C5CCC(=O)O)C4=N3)C(CC)=C1C. The number of allylic oxidation sites excluding steroid dienone is 11. The molecule has 0 saturated carbocycles. The summed E-state index contributed by atoms with van der Waals surface area (Å²) in [5.74, 6) is -3.35. The number of ether oxygens (including phenoxy) is 1. The maximum absolute atomic E-state index is 13.3. The number of hydrogen-bond acceptors (Lipinski definition) is 9. The van der Waals surface area contributed by atoms with E-state index in [0.717, 1.165) is 58.6 Å². The third-order valence-electron chi connectivity index (χ3n) is 9.66. The van der Waals surface area contributed by atoms with Crippen LogP contribution in [0.3, 0.4) is 0 Å². The summed E-state index contributed by atoms with van der Waals surface area (Å²) in [6, 6.07) is 0. The van der Waals surface area contributed by atoms with E-state index >= 15 is 0 Å². The first kappa shape index (κ1) is 30.2. The molecular formula is C35H36N4O6. The molecule has 0 spiro atoms. The van der Waals surface area contributed by atoms with Crippen molar-refractivity contribution in [2.75, 3.05) is 7.11 Å². The summed E-state index contributed by atoms with van der Waals surface area (Å²) in [5, 5.41) is 36.7. The van der Waals surface area contributed by atoms with Gasteiger partial charge < -0.3 is 25.4 Å². The van der Waals surface area contributed by atoms with E-state index < -0.39 is 29.2 Å². The Morgan fingerprint density at radius 2 is 1.76 bits per heavy atom. The van der Waals surface area contributed by atoms with Gasteiger partial charge in [0.25, 0.3) is 0 Å². The van der Waals surface area contributed by atoms with Crippen molar-refractivity contribution >= 4 is 29.1 Å². The molecule has 3 unspecified atom stereocenters. The van der Waals surface area contributed by atoms with Crippen molar-refractivity contribution in [2.24, 2.45) is 26.8 Å². The summed E-state index contributed by atoms with van der Waals surface area (Å²) >= 11 is 0. The van der Waals surface area contributed by atoms with Gasteiger partial charge in [-0.2, -0.15) is 0 Å². The third kappa shape index (κ3) is 4.30. The van der Waals surface area contributed by atoms with E-state index in [9.17, 15) is 24.9 Å². The Labute approximate surface area is 261 Å². The molecule has 6 aliphatic rings. The van der Waals surface area contributed by atoms with Crippen molar-refractivity contribution < 1.29 is 29.6 Å². The number of rotatable bonds is 6. The lowest BCUT2D eigenvalue weighted by Crippen LogP contribution is -2.44. The van der Waals surface area contributed by atoms with Crippen LogP contribution in [0.4, 0.5) is 0 Å². The second-order valence-electron chi connectivity index (χ2n) is 12.0. The molecule has 232 valence electrons. The second kappa shape index (κ2) is 10.7. The molecule has 3 atom stereocenters. The zero-order valence-corrected chi connectivity index (χ0v) is 26.2. The van der Waals surface area contributed by atoms with Crippen LogP contribution in [0, 0.1) is 11.8 Å². The maximum Gasteiger partial charge on any atom is 0.350 e. The van der Waals surface area contributed by atoms with Crippen LogP contribution in [0.2, 0.25) is 0 Å². The average molecular weight is 609 g/mol. The zero-order chi connectivity index (χ0) is 32.5. The lowest BCUT2D eigenvalue weighted by molar-refractivity contribution is -0.156. The average Bonchev–Trinajstić information content (AvgIpc) is 3.72. The molecule has 5 heterocycles. The predicted molar refractivity (Wildman–Crippen MR) is 171 cm³/mol. The van der Waals surface area contributed by atoms with Crippen LogP contribution in [0.5, 0.6) is 0 Å². The minimum Gasteiger partial charge on any atom is -0.507 e. The van der Waals surface area contributed by atoms with Crippen LogP contribution in [0.15, 0.2) is 119 Å². The van der Waals surface area contributed by atoms with E-state index in [1.165, 1.54) is 0 Å². The molecule has 0 radical (unpaired) electrons. The number of hydrogen-bond donors (Lipinski definition) is 4. The Kier molecular flexibility index (Phi) is 7.16. The first-order valence-electron chi connectivity index (χ1n) is 15.0. The van der Waals surface area contributed by atoms with E-state index in [1.54, 1.807) is 13.0 Å². The fourth-order valence-corrected chi connectivity index (χ4v) is 7.09. The standard InChI is InChI=1S/C35H36N4O6/c1-8-19-15(3)22-12-24-17(5)21(10-11-28(40)41)31(38-24)30-32-29(33(42)35(30,44)34(43)45-7)18(6)25(39-32)14-27-20(9-2)16(4)23(37-27)13-26(19)36-22/h8,12-14,17,21,38,42,44H,1,9-11H2,2-7H3,(H,40,41). The summed E-state index contributed by atoms with van der Waals surface area (Å²) in [4.78, 5) is 39.9. The van der Waals surface area contributed by atoms with Crippen molar-refractivity contribution in [1.29, 1.82) is 0 Å². The summed E-state index contributed by atoms with van der Waals surface area (Å²) in [6.45, 7) is 13.8. The van der Waals surface area contributed by atoms with Crippen molar-refractivity contribution in [2.45, 2.75) is 59.5 Å². The van der Waals surface area contributed by atoms with Gasteiger partial charge in [-0.3, -0.25) is 4.79 Å². The molecule has 0 aromatic rings. The van der Waals surface area contributed by atoms with Crippen molar-refractivity contribution in [3.05, 3.63) is 104 Å². The number of fused-ring (bicyclic) bond motifs is 5. The summed E-state index contributed by atoms with van der Waals surface area (Å²) in [7, 11) is 1.14. The monoisotopic (exact) mass is 608 g/mol. The van der Waals surface area contributed by atoms with Gasteiger partial charge in [0.05, 0.1) is 41.3 Å². The van der Waals surface area contributed by atoms with Gasteiger partial charge in [-0.15, -0.1) is 0 Å². The molecule has 1 fully saturated rings. The lowest BCUT2D eigenvalue weighted by Gasteiger charge is -2.26. The smallest absolute Gasteiger partial charge is 0.350 e. The van der Waals surface area contributed by atoms with Gasteiger partial charge in [0.1, 0.15) is 0 Å². The molecule has 1 aliphatic carbocycles. The number of carbonyl (C=O) groups excluding carboxylic acids is 1. The molecular weight excluding hydrogens is 572 g/mol. The summed E-state index contributed by atoms with van der Waals surface area (Å²) < 4.78 is 5.02. The van der Waals surface area contributed by atoms with Gasteiger partial charge in [-0.25, -0.2) is 19.8 Å². The highest BCUT2D eigenvalue weighted by Crippen LogP contribution is 2.50. The molecule has 1 saturated heterocycles. The van der Waals surface area contributed by atoms with E-state index in [0.29, 0.717) is 22.7 Å². The van der Waals surface area contributed by atoms with Crippen LogP contribution in [0.1, 0.15) is 53.9 Å². The van der Waals surface area contributed by atoms with E-state index in [1.807, 2.05) is 39.0 Å². The summed E-state index contributed by atoms with van der Waals surface area (Å²) in [6.07, 6.45) is 8.29. The van der Waals surface area contributed by atoms with Gasteiger partial charge in [0, 0.05) is 46.4 Å². The van der Waals surface area contributed by atoms with E-state index in [4.69, 9.17) is 19.7 Å². The highest BCUT2D eigenvalue weighted by Gasteiger charge is 2.59. The van der Waals surface area contributed by atoms with Crippen molar-refractivity contribution in [3.63, 3.8) is 0 Å². The maximum atomic E-state index is 13.3. The highest BCUT2D eigenvalue weighted by atomic mass is 16.5. The quantitative estimate of drug-likeness (QED) is 0.302. The molecule has 45 heavy (non-hydrogen) atoms. The Bertz CT molecular complexity index is 1870. The van der Waals surface area contributed by atoms with Crippen LogP contribution in [0.25, 0.3) is 0 Å². The van der Waals surface area contributed by atoms with Crippen LogP contribution < -0.4 is 5.32 Å². The molecule has 0 aromatic carbocycles. The first-order valence-corrected chi connectivity index (χ1v) is 15.0. The fraction of sp³-hybridized carbons (Fsp3) is 0.343. The largest absolute Gasteiger partial charge is 0.507 e. The number of carboxylic acid groups (broad SMARTS) is 1. The Hall–Kier alpha value is -4.83. The number of aliphatic hydroxyl groups excluding tert-OH is 1. The van der Waals surface area contributed by atoms with E-state index in [2.05, 4.69) is 18.8 Å². The van der Waals surface area contributed by atoms with E-state index in [-0.39, 0.29) is 35.6 Å². The molecule has 0 aromatic heterocycles. The van der Waals surface area contributed by atoms with Gasteiger partial charge in [0.15, 0.2) is 5.76 Å². The number of aliphatic carboxylic acids is 1.